The van der Waals surface area contributed by atoms with E-state index in [0.717, 1.165) is 49.8 Å². The number of H-pyrrole nitrogens is 1. The molecule has 0 aliphatic heterocycles. The molecular formula is C38H46N4O6. The Morgan fingerprint density at radius 3 is 2.48 bits per heavy atom. The van der Waals surface area contributed by atoms with Crippen LogP contribution >= 0.6 is 0 Å². The van der Waals surface area contributed by atoms with Crippen LogP contribution in [0.25, 0.3) is 32.8 Å². The van der Waals surface area contributed by atoms with Gasteiger partial charge in [-0.3, -0.25) is 5.10 Å². The summed E-state index contributed by atoms with van der Waals surface area (Å²) in [6.45, 7) is 10.5. The maximum Gasteiger partial charge on any atom is 0.410 e. The lowest BCUT2D eigenvalue weighted by atomic mass is 9.98. The predicted molar refractivity (Wildman–Crippen MR) is 187 cm³/mol. The fraction of sp³-hybridized carbons (Fsp3) is 0.395. The van der Waals surface area contributed by atoms with Crippen molar-refractivity contribution < 1.29 is 28.9 Å². The number of nitrogens with one attached hydrogen (secondary N) is 1. The molecule has 0 radical (unpaired) electrons. The average Bonchev–Trinajstić information content (AvgIpc) is 3.59. The van der Waals surface area contributed by atoms with Gasteiger partial charge >= 0.3 is 12.1 Å². The molecule has 0 aliphatic carbocycles. The summed E-state index contributed by atoms with van der Waals surface area (Å²) in [5.74, 6) is 0.418. The Kier molecular flexibility index (Phi) is 10.7. The van der Waals surface area contributed by atoms with Crippen molar-refractivity contribution in [3.8, 4) is 16.9 Å². The summed E-state index contributed by atoms with van der Waals surface area (Å²) in [6, 6.07) is 20.2. The van der Waals surface area contributed by atoms with Crippen LogP contribution in [0.4, 0.5) is 4.79 Å². The lowest BCUT2D eigenvalue weighted by molar-refractivity contribution is 0.0294. The van der Waals surface area contributed by atoms with Gasteiger partial charge in [0, 0.05) is 47.7 Å². The van der Waals surface area contributed by atoms with E-state index in [1.165, 1.54) is 0 Å². The molecular weight excluding hydrogens is 608 g/mol. The summed E-state index contributed by atoms with van der Waals surface area (Å²) >= 11 is 0. The van der Waals surface area contributed by atoms with Crippen molar-refractivity contribution >= 4 is 33.7 Å². The van der Waals surface area contributed by atoms with E-state index in [0.29, 0.717) is 50.3 Å². The number of aliphatic hydroxyl groups is 1. The average molecular weight is 655 g/mol. The minimum Gasteiger partial charge on any atom is -0.493 e. The number of fused-ring (bicyclic) bond motifs is 2. The van der Waals surface area contributed by atoms with Gasteiger partial charge in [-0.15, -0.1) is 0 Å². The number of para-hydroxylation sites is 1. The molecule has 0 bridgehead atoms. The van der Waals surface area contributed by atoms with E-state index >= 15 is 0 Å². The molecule has 0 fully saturated rings. The van der Waals surface area contributed by atoms with Crippen molar-refractivity contribution in [2.45, 2.75) is 72.6 Å². The molecule has 0 spiro atoms. The number of rotatable bonds is 13. The van der Waals surface area contributed by atoms with Gasteiger partial charge in [-0.25, -0.2) is 9.59 Å². The van der Waals surface area contributed by atoms with Gasteiger partial charge in [-0.1, -0.05) is 54.6 Å². The number of amides is 1. The Hall–Kier alpha value is -4.83. The number of ether oxygens (including phenoxy) is 3. The number of aromatic nitrogens is 3. The monoisotopic (exact) mass is 654 g/mol. The van der Waals surface area contributed by atoms with E-state index in [4.69, 9.17) is 14.2 Å². The van der Waals surface area contributed by atoms with E-state index < -0.39 is 17.7 Å². The maximum atomic E-state index is 13.8. The van der Waals surface area contributed by atoms with E-state index in [1.54, 1.807) is 18.9 Å². The minimum atomic E-state index is -0.604. The molecule has 10 nitrogen and oxygen atoms in total. The molecule has 5 rings (SSSR count). The second-order valence-corrected chi connectivity index (χ2v) is 12.9. The Morgan fingerprint density at radius 2 is 1.73 bits per heavy atom. The van der Waals surface area contributed by atoms with E-state index in [-0.39, 0.29) is 13.2 Å². The Labute approximate surface area is 281 Å². The number of aryl methyl sites for hydroxylation is 3. The van der Waals surface area contributed by atoms with Crippen LogP contribution in [0.1, 0.15) is 68.0 Å². The molecule has 0 saturated carbocycles. The predicted octanol–water partition coefficient (Wildman–Crippen LogP) is 7.43. The molecule has 2 heterocycles. The van der Waals surface area contributed by atoms with Crippen molar-refractivity contribution in [3.63, 3.8) is 0 Å². The standard InChI is InChI=1S/C38H46N4O6/c1-7-46-36(44)35-29(19-12-23-47-32-20-10-15-26-14-8-9-16-27(26)32)28-17-11-18-30(33-25(2)39-40-31(33)24-43)34(28)42(35)22-13-21-41(6)37(45)48-38(3,4)5/h8-11,14-18,20,43H,7,12-13,19,21-24H2,1-6H3,(H,39,40). The first-order valence-electron chi connectivity index (χ1n) is 16.5. The number of nitrogens with zero attached hydrogens (tertiary/aromatic N) is 3. The van der Waals surface area contributed by atoms with Gasteiger partial charge in [0.05, 0.1) is 31.0 Å². The number of carbonyl (C=O) groups excluding carboxylic acids is 2. The highest BCUT2D eigenvalue weighted by Crippen LogP contribution is 2.38. The molecule has 48 heavy (non-hydrogen) atoms. The second kappa shape index (κ2) is 14.9. The van der Waals surface area contributed by atoms with Crippen LogP contribution in [0.15, 0.2) is 60.7 Å². The number of carbonyl (C=O) groups is 2. The summed E-state index contributed by atoms with van der Waals surface area (Å²) in [5.41, 5.74) is 4.60. The normalized spacial score (nSPS) is 11.6. The number of hydrogen-bond donors (Lipinski definition) is 2. The SMILES string of the molecule is CCOC(=O)c1c(CCCOc2cccc3ccccc23)c2cccc(-c3c(CO)n[nH]c3C)c2n1CCCN(C)C(=O)OC(C)(C)C. The molecule has 2 aromatic heterocycles. The zero-order valence-corrected chi connectivity index (χ0v) is 28.8. The van der Waals surface area contributed by atoms with Crippen molar-refractivity contribution in [2.24, 2.45) is 0 Å². The van der Waals surface area contributed by atoms with Gasteiger partial charge in [0.1, 0.15) is 17.0 Å². The smallest absolute Gasteiger partial charge is 0.410 e. The molecule has 0 aliphatic rings. The second-order valence-electron chi connectivity index (χ2n) is 12.9. The van der Waals surface area contributed by atoms with Crippen LogP contribution in [0.5, 0.6) is 5.75 Å². The summed E-state index contributed by atoms with van der Waals surface area (Å²) in [5, 5.41) is 20.6. The number of benzene rings is 3. The molecule has 2 N–H and O–H groups in total. The molecule has 254 valence electrons. The highest BCUT2D eigenvalue weighted by atomic mass is 16.6. The van der Waals surface area contributed by atoms with Gasteiger partial charge in [0.2, 0.25) is 0 Å². The lowest BCUT2D eigenvalue weighted by Gasteiger charge is -2.24. The summed E-state index contributed by atoms with van der Waals surface area (Å²) in [7, 11) is 1.71. The van der Waals surface area contributed by atoms with Crippen LogP contribution in [0.2, 0.25) is 0 Å². The van der Waals surface area contributed by atoms with Crippen molar-refractivity contribution in [2.75, 3.05) is 26.8 Å². The Morgan fingerprint density at radius 1 is 1.00 bits per heavy atom. The van der Waals surface area contributed by atoms with Gasteiger partial charge < -0.3 is 28.8 Å². The quantitative estimate of drug-likeness (QED) is 0.100. The molecule has 0 saturated heterocycles. The van der Waals surface area contributed by atoms with Crippen molar-refractivity contribution in [1.82, 2.24) is 19.7 Å². The van der Waals surface area contributed by atoms with Crippen LogP contribution in [-0.4, -0.2) is 69.2 Å². The van der Waals surface area contributed by atoms with Crippen molar-refractivity contribution in [1.29, 1.82) is 0 Å². The number of aliphatic hydroxyl groups excluding tert-OH is 1. The summed E-state index contributed by atoms with van der Waals surface area (Å²) in [4.78, 5) is 28.0. The van der Waals surface area contributed by atoms with Gasteiger partial charge in [0.15, 0.2) is 0 Å². The van der Waals surface area contributed by atoms with Gasteiger partial charge in [-0.05, 0) is 70.9 Å². The zero-order valence-electron chi connectivity index (χ0n) is 28.8. The third kappa shape index (κ3) is 7.49. The maximum absolute atomic E-state index is 13.8. The zero-order chi connectivity index (χ0) is 34.4. The molecule has 5 aromatic rings. The molecule has 0 atom stereocenters. The van der Waals surface area contributed by atoms with E-state index in [9.17, 15) is 14.7 Å². The topological polar surface area (TPSA) is 119 Å². The molecule has 0 unspecified atom stereocenters. The van der Waals surface area contributed by atoms with Gasteiger partial charge in [-0.2, -0.15) is 5.10 Å². The Balaban J connectivity index is 1.52. The number of aromatic amines is 1. The van der Waals surface area contributed by atoms with Crippen LogP contribution in [0, 0.1) is 6.92 Å². The van der Waals surface area contributed by atoms with Crippen LogP contribution in [0.3, 0.4) is 0 Å². The third-order valence-corrected chi connectivity index (χ3v) is 8.26. The van der Waals surface area contributed by atoms with Gasteiger partial charge in [0.25, 0.3) is 0 Å². The van der Waals surface area contributed by atoms with Crippen molar-refractivity contribution in [3.05, 3.63) is 83.3 Å². The first-order valence-corrected chi connectivity index (χ1v) is 16.5. The fourth-order valence-electron chi connectivity index (χ4n) is 6.19. The molecule has 10 heteroatoms. The lowest BCUT2D eigenvalue weighted by Crippen LogP contribution is -2.35. The molecule has 1 amide bonds. The number of esters is 1. The minimum absolute atomic E-state index is 0.230. The first kappa shape index (κ1) is 34.5. The summed E-state index contributed by atoms with van der Waals surface area (Å²) in [6.07, 6.45) is 1.38. The third-order valence-electron chi connectivity index (χ3n) is 8.26. The number of hydrogen-bond acceptors (Lipinski definition) is 7. The van der Waals surface area contributed by atoms with E-state index in [2.05, 4.69) is 28.4 Å². The first-order chi connectivity index (χ1) is 23.0. The van der Waals surface area contributed by atoms with E-state index in [1.807, 2.05) is 74.7 Å². The Bertz CT molecular complexity index is 1900. The fourth-order valence-corrected chi connectivity index (χ4v) is 6.19. The van der Waals surface area contributed by atoms with Crippen LogP contribution in [-0.2, 0) is 29.0 Å². The van der Waals surface area contributed by atoms with Crippen LogP contribution < -0.4 is 4.74 Å². The highest BCUT2D eigenvalue weighted by Gasteiger charge is 2.27. The largest absolute Gasteiger partial charge is 0.493 e. The summed E-state index contributed by atoms with van der Waals surface area (Å²) < 4.78 is 19.5. The molecule has 3 aromatic carbocycles. The highest BCUT2D eigenvalue weighted by molar-refractivity contribution is 6.05.